The van der Waals surface area contributed by atoms with Crippen molar-refractivity contribution in [3.63, 3.8) is 0 Å². The maximum Gasteiger partial charge on any atom is 0.0565 e. The normalized spacial score (nSPS) is 25.9. The topological polar surface area (TPSA) is 14.7 Å². The Balaban J connectivity index is 0.809. The van der Waals surface area contributed by atoms with Gasteiger partial charge in [-0.05, 0) is 144 Å². The lowest BCUT2D eigenvalue weighted by molar-refractivity contribution is 0.0545. The fourth-order valence-corrected chi connectivity index (χ4v) is 14.8. The molecule has 0 bridgehead atoms. The number of fused-ring (bicyclic) bond motifs is 6. The molecular formula is C75H72N4. The second-order valence-corrected chi connectivity index (χ2v) is 23.4. The number of allylic oxidation sites excluding steroid dienone is 16. The molecule has 1 aliphatic heterocycles. The van der Waals surface area contributed by atoms with E-state index in [4.69, 9.17) is 0 Å². The Morgan fingerprint density at radius 3 is 2.18 bits per heavy atom. The van der Waals surface area contributed by atoms with Crippen LogP contribution in [0.15, 0.2) is 254 Å². The van der Waals surface area contributed by atoms with Gasteiger partial charge in [-0.1, -0.05) is 215 Å². The Morgan fingerprint density at radius 2 is 1.35 bits per heavy atom. The zero-order valence-electron chi connectivity index (χ0n) is 45.9. The minimum absolute atomic E-state index is 0.174. The summed E-state index contributed by atoms with van der Waals surface area (Å²) in [7, 11) is 0. The molecule has 1 saturated carbocycles. The Morgan fingerprint density at radius 1 is 0.582 bits per heavy atom. The van der Waals surface area contributed by atoms with Crippen LogP contribution in [0.2, 0.25) is 0 Å². The average Bonchev–Trinajstić information content (AvgIpc) is 4.11. The summed E-state index contributed by atoms with van der Waals surface area (Å²) in [5.74, 6) is 1.87. The van der Waals surface area contributed by atoms with Gasteiger partial charge in [0, 0.05) is 81.1 Å². The van der Waals surface area contributed by atoms with Crippen LogP contribution in [-0.2, 0) is 6.42 Å². The second-order valence-electron chi connectivity index (χ2n) is 23.4. The number of anilines is 3. The smallest absolute Gasteiger partial charge is 0.0565 e. The number of rotatable bonds is 11. The highest BCUT2D eigenvalue weighted by Gasteiger charge is 2.49. The van der Waals surface area contributed by atoms with E-state index >= 15 is 0 Å². The molecule has 2 fully saturated rings. The van der Waals surface area contributed by atoms with Crippen molar-refractivity contribution in [3.8, 4) is 11.1 Å². The summed E-state index contributed by atoms with van der Waals surface area (Å²) in [6, 6.07) is 49.7. The molecule has 6 aromatic rings. The molecule has 5 aromatic carbocycles. The molecule has 14 rings (SSSR count). The van der Waals surface area contributed by atoms with Crippen LogP contribution in [0.4, 0.5) is 17.1 Å². The number of nitrogens with zero attached hydrogens (tertiary/aromatic N) is 4. The zero-order chi connectivity index (χ0) is 52.8. The largest absolute Gasteiger partial charge is 0.336 e. The zero-order valence-corrected chi connectivity index (χ0v) is 45.9. The van der Waals surface area contributed by atoms with Gasteiger partial charge in [-0.3, -0.25) is 4.90 Å². The summed E-state index contributed by atoms with van der Waals surface area (Å²) in [5, 5.41) is 1.30. The first kappa shape index (κ1) is 49.4. The van der Waals surface area contributed by atoms with Crippen molar-refractivity contribution in [2.75, 3.05) is 9.80 Å². The van der Waals surface area contributed by atoms with Crippen molar-refractivity contribution >= 4 is 45.2 Å². The van der Waals surface area contributed by atoms with Crippen LogP contribution in [0.5, 0.6) is 0 Å². The quantitative estimate of drug-likeness (QED) is 0.129. The summed E-state index contributed by atoms with van der Waals surface area (Å²) < 4.78 is 2.60. The van der Waals surface area contributed by atoms with Gasteiger partial charge in [0.15, 0.2) is 0 Å². The van der Waals surface area contributed by atoms with Crippen LogP contribution in [0, 0.1) is 17.8 Å². The summed E-state index contributed by atoms with van der Waals surface area (Å²) in [6.45, 7) is 5.03. The van der Waals surface area contributed by atoms with Gasteiger partial charge < -0.3 is 14.4 Å². The van der Waals surface area contributed by atoms with Gasteiger partial charge in [0.1, 0.15) is 0 Å². The summed E-state index contributed by atoms with van der Waals surface area (Å²) in [4.78, 5) is 8.16. The highest BCUT2D eigenvalue weighted by atomic mass is 15.3. The lowest BCUT2D eigenvalue weighted by Crippen LogP contribution is -2.50. The first-order valence-corrected chi connectivity index (χ1v) is 29.6. The van der Waals surface area contributed by atoms with Crippen molar-refractivity contribution < 1.29 is 0 Å². The first-order valence-electron chi connectivity index (χ1n) is 29.6. The van der Waals surface area contributed by atoms with Gasteiger partial charge in [-0.25, -0.2) is 0 Å². The van der Waals surface area contributed by atoms with Gasteiger partial charge in [-0.15, -0.1) is 0 Å². The molecule has 0 radical (unpaired) electrons. The van der Waals surface area contributed by atoms with Gasteiger partial charge in [0.25, 0.3) is 0 Å². The number of benzene rings is 5. The van der Waals surface area contributed by atoms with Crippen LogP contribution in [0.3, 0.4) is 0 Å². The first-order chi connectivity index (χ1) is 39.0. The molecule has 79 heavy (non-hydrogen) atoms. The van der Waals surface area contributed by atoms with Crippen LogP contribution in [-0.4, -0.2) is 33.6 Å². The molecule has 7 aliphatic carbocycles. The Labute approximate surface area is 468 Å². The third kappa shape index (κ3) is 9.28. The van der Waals surface area contributed by atoms with Crippen LogP contribution >= 0.6 is 0 Å². The van der Waals surface area contributed by atoms with Crippen LogP contribution < -0.4 is 9.80 Å². The summed E-state index contributed by atoms with van der Waals surface area (Å²) in [5.41, 5.74) is 19.6. The van der Waals surface area contributed by atoms with Crippen molar-refractivity contribution in [1.29, 1.82) is 0 Å². The highest BCUT2D eigenvalue weighted by molar-refractivity contribution is 5.96. The minimum Gasteiger partial charge on any atom is -0.336 e. The Bertz CT molecular complexity index is 3670. The molecule has 392 valence electrons. The van der Waals surface area contributed by atoms with Gasteiger partial charge >= 0.3 is 0 Å². The summed E-state index contributed by atoms with van der Waals surface area (Å²) >= 11 is 0. The molecular weight excluding hydrogens is 957 g/mol. The fourth-order valence-electron chi connectivity index (χ4n) is 14.8. The molecule has 7 unspecified atom stereocenters. The third-order valence-electron chi connectivity index (χ3n) is 18.9. The van der Waals surface area contributed by atoms with Crippen LogP contribution in [0.1, 0.15) is 93.6 Å². The molecule has 2 heterocycles. The second kappa shape index (κ2) is 21.4. The molecule has 0 amide bonds. The number of hydrogen-bond donors (Lipinski definition) is 0. The fraction of sp³-hybridized carbons (Fsp3) is 0.253. The minimum atomic E-state index is 0.174. The molecule has 0 spiro atoms. The van der Waals surface area contributed by atoms with E-state index in [0.717, 1.165) is 44.4 Å². The van der Waals surface area contributed by atoms with E-state index in [2.05, 4.69) is 276 Å². The van der Waals surface area contributed by atoms with E-state index in [1.54, 1.807) is 5.57 Å². The molecule has 1 saturated heterocycles. The van der Waals surface area contributed by atoms with Crippen LogP contribution in [0.25, 0.3) is 39.3 Å². The maximum atomic E-state index is 2.96. The maximum absolute atomic E-state index is 2.96. The molecule has 4 heteroatoms. The number of likely N-dealkylation sites (tertiary alicyclic amines) is 1. The van der Waals surface area contributed by atoms with Gasteiger partial charge in [-0.2, -0.15) is 0 Å². The Kier molecular flexibility index (Phi) is 13.4. The predicted octanol–water partition coefficient (Wildman–Crippen LogP) is 18.4. The summed E-state index contributed by atoms with van der Waals surface area (Å²) in [6.07, 6.45) is 54.6. The van der Waals surface area contributed by atoms with Crippen molar-refractivity contribution in [3.05, 3.63) is 276 Å². The average molecular weight is 1030 g/mol. The van der Waals surface area contributed by atoms with E-state index in [-0.39, 0.29) is 6.04 Å². The van der Waals surface area contributed by atoms with Gasteiger partial charge in [0.05, 0.1) is 12.1 Å². The van der Waals surface area contributed by atoms with Crippen molar-refractivity contribution in [2.45, 2.75) is 102 Å². The van der Waals surface area contributed by atoms with E-state index in [0.29, 0.717) is 36.0 Å². The molecule has 8 atom stereocenters. The standard InChI is InChI=1S/C75H72N4/c1-52-20-17-35-71(53(52)2)79-73-34-16-15-32-68(73)70-51-66(45-47-75(70)79)77(64-30-19-26-59(49-64)55-23-9-4-10-24-55)62-42-38-57(39-43-62)56-36-40-61(41-37-56)76(63-29-18-25-58(48-63)54-21-7-3-8-22-54)65-44-46-74-69(50-65)67-31-13-6-14-33-72(67)78(74)60-27-11-5-12-28-60/h3-16,18-19,21-27,29-32,34,36,38-40,42-46,48,50-53,60,64,68,71,73,75H,17,20,28,33,35,37,41,47,49H2,1-2H3/t52?,53?,60-,64?,68?,71?,73?,75?/m0/s1. The molecule has 4 nitrogen and oxygen atoms in total. The number of hydrogen-bond acceptors (Lipinski definition) is 3. The highest BCUT2D eigenvalue weighted by Crippen LogP contribution is 2.49. The third-order valence-corrected chi connectivity index (χ3v) is 18.9. The predicted molar refractivity (Wildman–Crippen MR) is 334 cm³/mol. The molecule has 1 aromatic heterocycles. The van der Waals surface area contributed by atoms with E-state index < -0.39 is 0 Å². The van der Waals surface area contributed by atoms with E-state index in [1.165, 1.54) is 103 Å². The molecule has 8 aliphatic rings. The lowest BCUT2D eigenvalue weighted by Gasteiger charge is -2.45. The number of aromatic nitrogens is 1. The Hall–Kier alpha value is -7.92. The van der Waals surface area contributed by atoms with Gasteiger partial charge in [0.2, 0.25) is 0 Å². The van der Waals surface area contributed by atoms with Crippen molar-refractivity contribution in [1.82, 2.24) is 9.47 Å². The SMILES string of the molecule is CC1CCCC(N2C3CC=C(N(c4ccc(C5=CC=C(N(c6cccc(-c7ccccc7)c6)c6ccc7c(c6)c6c(n7[C@H]7C=CC=CC7)CC=CC=C6)CC5)cc4)C4C=CC=C(c5ccccc5)C4)C=C3C3C=CC=CC32)C1C. The van der Waals surface area contributed by atoms with E-state index in [1.807, 2.05) is 0 Å². The van der Waals surface area contributed by atoms with E-state index in [9.17, 15) is 0 Å². The monoisotopic (exact) mass is 1030 g/mol. The molecule has 0 N–H and O–H groups in total. The lowest BCUT2D eigenvalue weighted by atomic mass is 9.76. The van der Waals surface area contributed by atoms with Crippen molar-refractivity contribution in [2.24, 2.45) is 17.8 Å².